The Bertz CT molecular complexity index is 1100. The topological polar surface area (TPSA) is 96.9 Å². The fourth-order valence-electron chi connectivity index (χ4n) is 2.82. The third kappa shape index (κ3) is 4.12. The summed E-state index contributed by atoms with van der Waals surface area (Å²) in [5.74, 6) is 0.0770. The Hall–Kier alpha value is -4.21. The molecule has 2 aromatic carbocycles. The summed E-state index contributed by atoms with van der Waals surface area (Å²) in [6.07, 6.45) is 3.02. The Morgan fingerprint density at radius 2 is 1.70 bits per heavy atom. The number of amides is 1. The largest absolute Gasteiger partial charge is 0.435 e. The average molecular weight is 408 g/mol. The van der Waals surface area contributed by atoms with Gasteiger partial charge in [-0.1, -0.05) is 0 Å². The van der Waals surface area contributed by atoms with Crippen molar-refractivity contribution in [1.29, 1.82) is 0 Å². The number of hydrogen-bond donors (Lipinski definition) is 1. The summed E-state index contributed by atoms with van der Waals surface area (Å²) in [4.78, 5) is 18.7. The maximum atomic E-state index is 13.2. The molecular weight excluding hydrogens is 394 g/mol. The van der Waals surface area contributed by atoms with Crippen LogP contribution >= 0.6 is 0 Å². The molecule has 150 valence electrons. The first-order valence-corrected chi connectivity index (χ1v) is 8.75. The average Bonchev–Trinajstić information content (AvgIpc) is 3.31. The predicted molar refractivity (Wildman–Crippen MR) is 103 cm³/mol. The molecule has 0 saturated heterocycles. The van der Waals surface area contributed by atoms with Gasteiger partial charge in [-0.2, -0.15) is 14.0 Å². The first kappa shape index (κ1) is 19.1. The van der Waals surface area contributed by atoms with Gasteiger partial charge in [-0.25, -0.2) is 0 Å². The number of pyridine rings is 1. The van der Waals surface area contributed by atoms with Crippen molar-refractivity contribution in [2.75, 3.05) is 4.90 Å². The minimum absolute atomic E-state index is 0.00465. The van der Waals surface area contributed by atoms with E-state index >= 15 is 0 Å². The zero-order valence-electron chi connectivity index (χ0n) is 15.3. The Morgan fingerprint density at radius 3 is 2.27 bits per heavy atom. The SMILES string of the molecule is O=C(c1cccnc1)N(c1ccc(OC(F)F)cc1)c1ccc(-c2nn[nH]n2)cc1. The van der Waals surface area contributed by atoms with Crippen LogP contribution in [0, 0.1) is 0 Å². The van der Waals surface area contributed by atoms with Gasteiger partial charge in [-0.3, -0.25) is 14.7 Å². The number of nitrogens with one attached hydrogen (secondary N) is 1. The van der Waals surface area contributed by atoms with Gasteiger partial charge in [-0.15, -0.1) is 10.2 Å². The lowest BCUT2D eigenvalue weighted by Gasteiger charge is -2.23. The van der Waals surface area contributed by atoms with Crippen LogP contribution < -0.4 is 9.64 Å². The molecule has 0 saturated carbocycles. The minimum atomic E-state index is -2.93. The molecule has 1 N–H and O–H groups in total. The molecular formula is C20H14F2N6O2. The van der Waals surface area contributed by atoms with Gasteiger partial charge in [0.25, 0.3) is 5.91 Å². The number of ether oxygens (including phenoxy) is 1. The van der Waals surface area contributed by atoms with Crippen LogP contribution in [0.5, 0.6) is 5.75 Å². The molecule has 10 heteroatoms. The Kier molecular flexibility index (Phi) is 5.37. The maximum Gasteiger partial charge on any atom is 0.387 e. The summed E-state index contributed by atoms with van der Waals surface area (Å²) in [6, 6.07) is 16.0. The highest BCUT2D eigenvalue weighted by atomic mass is 19.3. The smallest absolute Gasteiger partial charge is 0.387 e. The number of tetrazole rings is 1. The van der Waals surface area contributed by atoms with Crippen LogP contribution in [0.15, 0.2) is 73.1 Å². The first-order chi connectivity index (χ1) is 14.6. The molecule has 8 nitrogen and oxygen atoms in total. The van der Waals surface area contributed by atoms with E-state index in [-0.39, 0.29) is 11.7 Å². The number of hydrogen-bond acceptors (Lipinski definition) is 6. The summed E-state index contributed by atoms with van der Waals surface area (Å²) in [7, 11) is 0. The second-order valence-corrected chi connectivity index (χ2v) is 6.04. The fourth-order valence-corrected chi connectivity index (χ4v) is 2.82. The Labute approximate surface area is 169 Å². The van der Waals surface area contributed by atoms with E-state index in [1.165, 1.54) is 35.4 Å². The molecule has 2 heterocycles. The number of carbonyl (C=O) groups excluding carboxylic acids is 1. The standard InChI is InChI=1S/C20H14F2N6O2/c21-20(22)30-17-9-7-16(8-10-17)28(19(29)14-2-1-11-23-12-14)15-5-3-13(4-6-15)18-24-26-27-25-18/h1-12,20H,(H,24,25,26,27). The Morgan fingerprint density at radius 1 is 1.00 bits per heavy atom. The first-order valence-electron chi connectivity index (χ1n) is 8.75. The van der Waals surface area contributed by atoms with Gasteiger partial charge >= 0.3 is 6.61 Å². The number of nitrogens with zero attached hydrogens (tertiary/aromatic N) is 5. The van der Waals surface area contributed by atoms with E-state index in [9.17, 15) is 13.6 Å². The quantitative estimate of drug-likeness (QED) is 0.521. The van der Waals surface area contributed by atoms with Crippen molar-refractivity contribution in [2.45, 2.75) is 6.61 Å². The molecule has 30 heavy (non-hydrogen) atoms. The highest BCUT2D eigenvalue weighted by molar-refractivity contribution is 6.10. The van der Waals surface area contributed by atoms with Crippen molar-refractivity contribution in [1.82, 2.24) is 25.6 Å². The third-order valence-electron chi connectivity index (χ3n) is 4.16. The summed E-state index contributed by atoms with van der Waals surface area (Å²) in [5, 5.41) is 13.8. The zero-order chi connectivity index (χ0) is 20.9. The van der Waals surface area contributed by atoms with Crippen molar-refractivity contribution >= 4 is 17.3 Å². The van der Waals surface area contributed by atoms with Gasteiger partial charge in [0.2, 0.25) is 5.82 Å². The molecule has 0 bridgehead atoms. The van der Waals surface area contributed by atoms with E-state index < -0.39 is 6.61 Å². The number of halogens is 2. The van der Waals surface area contributed by atoms with Gasteiger partial charge in [0.15, 0.2) is 0 Å². The number of anilines is 2. The molecule has 2 aromatic heterocycles. The molecule has 0 aliphatic carbocycles. The summed E-state index contributed by atoms with van der Waals surface area (Å²) >= 11 is 0. The lowest BCUT2D eigenvalue weighted by molar-refractivity contribution is -0.0498. The van der Waals surface area contributed by atoms with Crippen LogP contribution in [0.4, 0.5) is 20.2 Å². The van der Waals surface area contributed by atoms with Gasteiger partial charge < -0.3 is 4.74 Å². The van der Waals surface area contributed by atoms with E-state index in [1.807, 2.05) is 0 Å². The highest BCUT2D eigenvalue weighted by Gasteiger charge is 2.21. The Balaban J connectivity index is 1.71. The van der Waals surface area contributed by atoms with Crippen molar-refractivity contribution in [3.8, 4) is 17.1 Å². The number of rotatable bonds is 6. The van der Waals surface area contributed by atoms with Gasteiger partial charge in [-0.05, 0) is 65.9 Å². The molecule has 0 radical (unpaired) electrons. The van der Waals surface area contributed by atoms with E-state index in [1.54, 1.807) is 42.6 Å². The number of aromatic amines is 1. The van der Waals surface area contributed by atoms with Crippen molar-refractivity contribution < 1.29 is 18.3 Å². The lowest BCUT2D eigenvalue weighted by Crippen LogP contribution is -2.26. The number of benzene rings is 2. The summed E-state index contributed by atoms with van der Waals surface area (Å²) in [5.41, 5.74) is 2.10. The monoisotopic (exact) mass is 408 g/mol. The highest BCUT2D eigenvalue weighted by Crippen LogP contribution is 2.30. The molecule has 0 aliphatic rings. The molecule has 4 rings (SSSR count). The molecule has 0 atom stereocenters. The fraction of sp³-hybridized carbons (Fsp3) is 0.0500. The van der Waals surface area contributed by atoms with Crippen LogP contribution in [0.3, 0.4) is 0 Å². The molecule has 0 aliphatic heterocycles. The van der Waals surface area contributed by atoms with E-state index in [2.05, 4.69) is 30.3 Å². The predicted octanol–water partition coefficient (Wildman–Crippen LogP) is 3.84. The lowest BCUT2D eigenvalue weighted by atomic mass is 10.1. The number of aromatic nitrogens is 5. The maximum absolute atomic E-state index is 13.2. The van der Waals surface area contributed by atoms with Gasteiger partial charge in [0.1, 0.15) is 5.75 Å². The number of carbonyl (C=O) groups is 1. The van der Waals surface area contributed by atoms with Crippen LogP contribution in [0.25, 0.3) is 11.4 Å². The van der Waals surface area contributed by atoms with Crippen LogP contribution in [0.2, 0.25) is 0 Å². The van der Waals surface area contributed by atoms with Crippen molar-refractivity contribution in [3.05, 3.63) is 78.6 Å². The van der Waals surface area contributed by atoms with Crippen molar-refractivity contribution in [2.24, 2.45) is 0 Å². The van der Waals surface area contributed by atoms with E-state index in [0.717, 1.165) is 0 Å². The molecule has 1 amide bonds. The summed E-state index contributed by atoms with van der Waals surface area (Å²) in [6.45, 7) is -2.93. The molecule has 0 unspecified atom stereocenters. The van der Waals surface area contributed by atoms with Crippen LogP contribution in [-0.2, 0) is 0 Å². The number of H-pyrrole nitrogens is 1. The second kappa shape index (κ2) is 8.43. The van der Waals surface area contributed by atoms with Crippen molar-refractivity contribution in [3.63, 3.8) is 0 Å². The van der Waals surface area contributed by atoms with E-state index in [0.29, 0.717) is 28.3 Å². The molecule has 4 aromatic rings. The number of alkyl halides is 2. The minimum Gasteiger partial charge on any atom is -0.435 e. The van der Waals surface area contributed by atoms with E-state index in [4.69, 9.17) is 0 Å². The summed E-state index contributed by atoms with van der Waals surface area (Å²) < 4.78 is 29.3. The van der Waals surface area contributed by atoms with Gasteiger partial charge in [0.05, 0.1) is 5.56 Å². The normalized spacial score (nSPS) is 10.8. The zero-order valence-corrected chi connectivity index (χ0v) is 15.3. The second-order valence-electron chi connectivity index (χ2n) is 6.04. The van der Waals surface area contributed by atoms with Crippen LogP contribution in [-0.4, -0.2) is 38.1 Å². The van der Waals surface area contributed by atoms with Crippen LogP contribution in [0.1, 0.15) is 10.4 Å². The van der Waals surface area contributed by atoms with Gasteiger partial charge in [0, 0.05) is 29.3 Å². The molecule has 0 fully saturated rings. The third-order valence-corrected chi connectivity index (χ3v) is 4.16. The molecule has 0 spiro atoms.